The molecule has 0 bridgehead atoms. The van der Waals surface area contributed by atoms with E-state index in [4.69, 9.17) is 4.74 Å². The van der Waals surface area contributed by atoms with Crippen LogP contribution in [0, 0.1) is 23.7 Å². The predicted molar refractivity (Wildman–Crippen MR) is 76.3 cm³/mol. The van der Waals surface area contributed by atoms with Gasteiger partial charge in [-0.3, -0.25) is 4.79 Å². The highest BCUT2D eigenvalue weighted by Crippen LogP contribution is 2.09. The van der Waals surface area contributed by atoms with Crippen LogP contribution >= 0.6 is 0 Å². The number of hydrogen-bond acceptors (Lipinski definition) is 2. The average Bonchev–Trinajstić information content (AvgIpc) is 2.27. The van der Waals surface area contributed by atoms with Crippen molar-refractivity contribution in [3.8, 4) is 11.8 Å². The van der Waals surface area contributed by atoms with Crippen LogP contribution in [0.1, 0.15) is 47.0 Å². The first kappa shape index (κ1) is 16.9. The second-order valence-corrected chi connectivity index (χ2v) is 5.19. The van der Waals surface area contributed by atoms with Crippen molar-refractivity contribution in [1.82, 2.24) is 0 Å². The zero-order valence-electron chi connectivity index (χ0n) is 12.2. The molecule has 2 heteroatoms. The zero-order chi connectivity index (χ0) is 14.0. The second kappa shape index (κ2) is 9.91. The number of carbonyl (C=O) groups excluding carboxylic acids is 1. The smallest absolute Gasteiger partial charge is 0.135 e. The van der Waals surface area contributed by atoms with Gasteiger partial charge in [0.05, 0.1) is 6.61 Å². The normalized spacial score (nSPS) is 10.3. The minimum absolute atomic E-state index is 0.140. The highest BCUT2D eigenvalue weighted by molar-refractivity contribution is 5.80. The molecule has 0 rings (SSSR count). The third-order valence-electron chi connectivity index (χ3n) is 2.47. The van der Waals surface area contributed by atoms with Crippen molar-refractivity contribution in [2.75, 3.05) is 13.2 Å². The van der Waals surface area contributed by atoms with Crippen molar-refractivity contribution in [2.24, 2.45) is 11.8 Å². The minimum Gasteiger partial charge on any atom is -0.364 e. The van der Waals surface area contributed by atoms with E-state index in [2.05, 4.69) is 32.3 Å². The Hall–Kier alpha value is -1.07. The first-order valence-corrected chi connectivity index (χ1v) is 6.69. The summed E-state index contributed by atoms with van der Waals surface area (Å²) in [5.74, 6) is 6.86. The van der Waals surface area contributed by atoms with Crippen LogP contribution in [-0.2, 0) is 9.53 Å². The van der Waals surface area contributed by atoms with Gasteiger partial charge < -0.3 is 4.74 Å². The van der Waals surface area contributed by atoms with Crippen molar-refractivity contribution in [1.29, 1.82) is 0 Å². The Morgan fingerprint density at radius 2 is 1.89 bits per heavy atom. The van der Waals surface area contributed by atoms with E-state index in [1.54, 1.807) is 0 Å². The second-order valence-electron chi connectivity index (χ2n) is 5.19. The van der Waals surface area contributed by atoms with Gasteiger partial charge in [0.1, 0.15) is 12.4 Å². The van der Waals surface area contributed by atoms with Gasteiger partial charge in [0.25, 0.3) is 0 Å². The van der Waals surface area contributed by atoms with E-state index < -0.39 is 0 Å². The van der Waals surface area contributed by atoms with E-state index in [9.17, 15) is 4.79 Å². The Balaban J connectivity index is 3.56. The lowest BCUT2D eigenvalue weighted by molar-refractivity contribution is -0.121. The van der Waals surface area contributed by atoms with Crippen LogP contribution in [0.4, 0.5) is 0 Å². The van der Waals surface area contributed by atoms with Crippen LogP contribution in [0.25, 0.3) is 0 Å². The Labute approximate surface area is 112 Å². The summed E-state index contributed by atoms with van der Waals surface area (Å²) in [4.78, 5) is 11.4. The molecule has 0 radical (unpaired) electrons. The van der Waals surface area contributed by atoms with Crippen molar-refractivity contribution in [2.45, 2.75) is 47.0 Å². The molecule has 0 spiro atoms. The van der Waals surface area contributed by atoms with E-state index in [0.717, 1.165) is 18.4 Å². The molecule has 0 aromatic rings. The molecule has 0 atom stereocenters. The highest BCUT2D eigenvalue weighted by atomic mass is 16.5. The van der Waals surface area contributed by atoms with E-state index >= 15 is 0 Å². The molecule has 0 amide bonds. The Morgan fingerprint density at radius 1 is 1.22 bits per heavy atom. The van der Waals surface area contributed by atoms with Crippen LogP contribution in [0.5, 0.6) is 0 Å². The summed E-state index contributed by atoms with van der Waals surface area (Å²) in [6, 6.07) is 0. The van der Waals surface area contributed by atoms with Gasteiger partial charge in [-0.1, -0.05) is 51.7 Å². The lowest BCUT2D eigenvalue weighted by atomic mass is 10.0. The summed E-state index contributed by atoms with van der Waals surface area (Å²) < 4.78 is 5.39. The number of ketones is 1. The average molecular weight is 250 g/mol. The topological polar surface area (TPSA) is 26.3 Å². The lowest BCUT2D eigenvalue weighted by Gasteiger charge is -2.06. The van der Waals surface area contributed by atoms with Crippen molar-refractivity contribution in [3.05, 3.63) is 12.2 Å². The number of hydrogen-bond donors (Lipinski definition) is 0. The van der Waals surface area contributed by atoms with E-state index in [0.29, 0.717) is 31.3 Å². The van der Waals surface area contributed by atoms with Crippen LogP contribution in [0.3, 0.4) is 0 Å². The highest BCUT2D eigenvalue weighted by Gasteiger charge is 2.06. The molecule has 102 valence electrons. The molecule has 18 heavy (non-hydrogen) atoms. The molecular weight excluding hydrogens is 224 g/mol. The summed E-state index contributed by atoms with van der Waals surface area (Å²) in [6.07, 6.45) is 2.37. The van der Waals surface area contributed by atoms with Crippen LogP contribution in [-0.4, -0.2) is 19.0 Å². The molecule has 0 fully saturated rings. The zero-order valence-corrected chi connectivity index (χ0v) is 12.2. The predicted octanol–water partition coefficient (Wildman–Crippen LogP) is 3.61. The standard InChI is InChI=1S/C16H26O2/c1-13(2)8-7-11-18-12-15(5)9-6-10-16(17)14(3)4/h13-14H,5-6,9-12H2,1-4H3. The van der Waals surface area contributed by atoms with Crippen molar-refractivity contribution < 1.29 is 9.53 Å². The number of Topliss-reactive ketones (excluding diaryl/α,β-unsaturated/α-hetero) is 1. The fourth-order valence-corrected chi connectivity index (χ4v) is 1.37. The molecule has 0 aliphatic heterocycles. The Morgan fingerprint density at radius 3 is 2.44 bits per heavy atom. The van der Waals surface area contributed by atoms with Gasteiger partial charge in [-0.05, 0) is 12.8 Å². The quantitative estimate of drug-likeness (QED) is 0.374. The van der Waals surface area contributed by atoms with E-state index in [1.807, 2.05) is 13.8 Å². The molecule has 0 saturated carbocycles. The van der Waals surface area contributed by atoms with E-state index in [1.165, 1.54) is 0 Å². The lowest BCUT2D eigenvalue weighted by Crippen LogP contribution is -2.07. The SMILES string of the molecule is C=C(CCCC(=O)C(C)C)COCC#CC(C)C. The first-order chi connectivity index (χ1) is 8.43. The van der Waals surface area contributed by atoms with Gasteiger partial charge in [0.15, 0.2) is 0 Å². The maximum Gasteiger partial charge on any atom is 0.135 e. The summed E-state index contributed by atoms with van der Waals surface area (Å²) >= 11 is 0. The van der Waals surface area contributed by atoms with Crippen molar-refractivity contribution in [3.63, 3.8) is 0 Å². The third-order valence-corrected chi connectivity index (χ3v) is 2.47. The number of rotatable bonds is 8. The molecule has 0 saturated heterocycles. The third kappa shape index (κ3) is 10.1. The van der Waals surface area contributed by atoms with Gasteiger partial charge in [-0.2, -0.15) is 0 Å². The van der Waals surface area contributed by atoms with Crippen LogP contribution < -0.4 is 0 Å². The fraction of sp³-hybridized carbons (Fsp3) is 0.688. The van der Waals surface area contributed by atoms with Crippen LogP contribution in [0.2, 0.25) is 0 Å². The molecular formula is C16H26O2. The molecule has 0 aromatic carbocycles. The Bertz CT molecular complexity index is 316. The van der Waals surface area contributed by atoms with Gasteiger partial charge in [-0.25, -0.2) is 0 Å². The summed E-state index contributed by atoms with van der Waals surface area (Å²) in [6.45, 7) is 12.9. The summed E-state index contributed by atoms with van der Waals surface area (Å²) in [7, 11) is 0. The van der Waals surface area contributed by atoms with Crippen LogP contribution in [0.15, 0.2) is 12.2 Å². The largest absolute Gasteiger partial charge is 0.364 e. The van der Waals surface area contributed by atoms with Crippen molar-refractivity contribution >= 4 is 5.78 Å². The summed E-state index contributed by atoms with van der Waals surface area (Å²) in [5.41, 5.74) is 1.04. The Kier molecular flexibility index (Phi) is 9.32. The molecule has 0 aliphatic rings. The maximum absolute atomic E-state index is 11.4. The fourth-order valence-electron chi connectivity index (χ4n) is 1.37. The van der Waals surface area contributed by atoms with Gasteiger partial charge in [0, 0.05) is 18.3 Å². The first-order valence-electron chi connectivity index (χ1n) is 6.69. The summed E-state index contributed by atoms with van der Waals surface area (Å²) in [5, 5.41) is 0. The monoisotopic (exact) mass is 250 g/mol. The molecule has 0 heterocycles. The van der Waals surface area contributed by atoms with E-state index in [-0.39, 0.29) is 5.92 Å². The molecule has 0 aromatic heterocycles. The number of carbonyl (C=O) groups is 1. The molecule has 0 N–H and O–H groups in total. The van der Waals surface area contributed by atoms with Gasteiger partial charge >= 0.3 is 0 Å². The maximum atomic E-state index is 11.4. The molecule has 2 nitrogen and oxygen atoms in total. The van der Waals surface area contributed by atoms with Gasteiger partial charge in [0.2, 0.25) is 0 Å². The number of ether oxygens (including phenoxy) is 1. The molecule has 0 unspecified atom stereocenters. The minimum atomic E-state index is 0.140. The van der Waals surface area contributed by atoms with Gasteiger partial charge in [-0.15, -0.1) is 0 Å². The molecule has 0 aliphatic carbocycles.